The summed E-state index contributed by atoms with van der Waals surface area (Å²) in [5.41, 5.74) is 1.29. The summed E-state index contributed by atoms with van der Waals surface area (Å²) in [6, 6.07) is 6.04. The number of halogens is 6. The zero-order chi connectivity index (χ0) is 28.7. The molecule has 0 saturated carbocycles. The van der Waals surface area contributed by atoms with E-state index in [1.54, 1.807) is 6.26 Å². The van der Waals surface area contributed by atoms with Gasteiger partial charge in [-0.15, -0.1) is 0 Å². The SMILES string of the molecule is CC(C)N1[C@H](Cn2cccn2)C[C@@H]2CN(Cc3ccoc3)CC[C@@H]21.O=C(O)C(F)(F)F.O=C(O)C(F)(F)F. The molecule has 2 aromatic heterocycles. The summed E-state index contributed by atoms with van der Waals surface area (Å²) in [4.78, 5) is 23.2. The van der Waals surface area contributed by atoms with Crippen LogP contribution in [0, 0.1) is 5.92 Å². The molecular weight excluding hydrogens is 526 g/mol. The number of carboxylic acid groups (broad SMARTS) is 2. The second kappa shape index (κ2) is 13.1. The second-order valence-electron chi connectivity index (χ2n) is 9.25. The van der Waals surface area contributed by atoms with Gasteiger partial charge in [0.15, 0.2) is 0 Å². The first-order chi connectivity index (χ1) is 17.6. The van der Waals surface area contributed by atoms with Gasteiger partial charge in [-0.25, -0.2) is 9.59 Å². The van der Waals surface area contributed by atoms with E-state index in [1.807, 2.05) is 18.5 Å². The Morgan fingerprint density at radius 2 is 1.74 bits per heavy atom. The van der Waals surface area contributed by atoms with E-state index in [0.29, 0.717) is 12.1 Å². The largest absolute Gasteiger partial charge is 0.490 e. The van der Waals surface area contributed by atoms with E-state index in [1.165, 1.54) is 31.5 Å². The molecule has 2 aliphatic rings. The van der Waals surface area contributed by atoms with E-state index < -0.39 is 24.3 Å². The molecule has 38 heavy (non-hydrogen) atoms. The fourth-order valence-corrected chi connectivity index (χ4v) is 4.84. The third-order valence-corrected chi connectivity index (χ3v) is 6.18. The third-order valence-electron chi connectivity index (χ3n) is 6.18. The van der Waals surface area contributed by atoms with Crippen LogP contribution in [-0.4, -0.2) is 85.3 Å². The van der Waals surface area contributed by atoms with Crippen molar-refractivity contribution >= 4 is 11.9 Å². The van der Waals surface area contributed by atoms with Gasteiger partial charge in [0.2, 0.25) is 0 Å². The normalized spacial score (nSPS) is 22.2. The minimum atomic E-state index is -5.08. The summed E-state index contributed by atoms with van der Waals surface area (Å²) in [5, 5.41) is 18.7. The molecule has 0 aliphatic carbocycles. The highest BCUT2D eigenvalue weighted by molar-refractivity contribution is 5.73. The van der Waals surface area contributed by atoms with Gasteiger partial charge in [0.05, 0.1) is 19.1 Å². The Labute approximate surface area is 214 Å². The number of alkyl halides is 6. The van der Waals surface area contributed by atoms with Gasteiger partial charge in [0.1, 0.15) is 0 Å². The monoisotopic (exact) mass is 556 g/mol. The van der Waals surface area contributed by atoms with Crippen molar-refractivity contribution in [3.05, 3.63) is 42.6 Å². The quantitative estimate of drug-likeness (QED) is 0.530. The van der Waals surface area contributed by atoms with Crippen LogP contribution in [0.25, 0.3) is 0 Å². The van der Waals surface area contributed by atoms with Crippen molar-refractivity contribution in [2.75, 3.05) is 13.1 Å². The summed E-state index contributed by atoms with van der Waals surface area (Å²) in [7, 11) is 0. The molecule has 0 amide bonds. The molecule has 4 rings (SSSR count). The van der Waals surface area contributed by atoms with Crippen LogP contribution in [0.3, 0.4) is 0 Å². The molecule has 0 aromatic carbocycles. The number of nitrogens with zero attached hydrogens (tertiary/aromatic N) is 4. The van der Waals surface area contributed by atoms with Crippen LogP contribution in [0.15, 0.2) is 41.5 Å². The van der Waals surface area contributed by atoms with Gasteiger partial charge in [0.25, 0.3) is 0 Å². The molecule has 2 aliphatic heterocycles. The lowest BCUT2D eigenvalue weighted by Gasteiger charge is -2.40. The number of aromatic nitrogens is 2. The number of aliphatic carboxylic acids is 2. The van der Waals surface area contributed by atoms with E-state index in [-0.39, 0.29) is 0 Å². The zero-order valence-corrected chi connectivity index (χ0v) is 20.7. The summed E-state index contributed by atoms with van der Waals surface area (Å²) in [6.07, 6.45) is 0.0148. The number of piperidine rings is 1. The van der Waals surface area contributed by atoms with E-state index in [9.17, 15) is 26.3 Å². The van der Waals surface area contributed by atoms with Crippen molar-refractivity contribution in [1.29, 1.82) is 0 Å². The maximum Gasteiger partial charge on any atom is 0.490 e. The molecule has 0 bridgehead atoms. The fourth-order valence-electron chi connectivity index (χ4n) is 4.84. The van der Waals surface area contributed by atoms with Crippen LogP contribution < -0.4 is 0 Å². The Morgan fingerprint density at radius 1 is 1.13 bits per heavy atom. The van der Waals surface area contributed by atoms with E-state index in [2.05, 4.69) is 45.7 Å². The minimum Gasteiger partial charge on any atom is -0.475 e. The summed E-state index contributed by atoms with van der Waals surface area (Å²) < 4.78 is 70.8. The van der Waals surface area contributed by atoms with Crippen molar-refractivity contribution in [1.82, 2.24) is 19.6 Å². The third kappa shape index (κ3) is 9.35. The fraction of sp³-hybridized carbons (Fsp3) is 0.609. The van der Waals surface area contributed by atoms with Crippen LogP contribution >= 0.6 is 0 Å². The van der Waals surface area contributed by atoms with Crippen molar-refractivity contribution in [2.24, 2.45) is 5.92 Å². The minimum absolute atomic E-state index is 0.598. The predicted octanol–water partition coefficient (Wildman–Crippen LogP) is 4.12. The Balaban J connectivity index is 0.000000301. The average Bonchev–Trinajstić information content (AvgIpc) is 3.54. The number of furan rings is 1. The predicted molar refractivity (Wildman–Crippen MR) is 121 cm³/mol. The number of rotatable bonds is 5. The van der Waals surface area contributed by atoms with E-state index >= 15 is 0 Å². The molecule has 9 nitrogen and oxygen atoms in total. The molecule has 0 spiro atoms. The Hall–Kier alpha value is -3.07. The van der Waals surface area contributed by atoms with E-state index in [4.69, 9.17) is 24.2 Å². The van der Waals surface area contributed by atoms with Crippen LogP contribution in [0.2, 0.25) is 0 Å². The van der Waals surface area contributed by atoms with Gasteiger partial charge in [-0.3, -0.25) is 14.5 Å². The first-order valence-electron chi connectivity index (χ1n) is 11.7. The van der Waals surface area contributed by atoms with Gasteiger partial charge < -0.3 is 14.6 Å². The molecule has 15 heteroatoms. The van der Waals surface area contributed by atoms with Crippen molar-refractivity contribution in [3.8, 4) is 0 Å². The lowest BCUT2D eigenvalue weighted by Crippen LogP contribution is -2.49. The van der Waals surface area contributed by atoms with Gasteiger partial charge in [-0.1, -0.05) is 0 Å². The van der Waals surface area contributed by atoms with Gasteiger partial charge in [0, 0.05) is 49.2 Å². The maximum atomic E-state index is 10.6. The summed E-state index contributed by atoms with van der Waals surface area (Å²) in [5.74, 6) is -4.74. The Bertz CT molecular complexity index is 971. The second-order valence-corrected chi connectivity index (χ2v) is 9.25. The topological polar surface area (TPSA) is 112 Å². The van der Waals surface area contributed by atoms with Gasteiger partial charge in [-0.05, 0) is 51.3 Å². The standard InChI is InChI=1S/C19H28N4O.2C2HF3O2/c1-15(2)23-18(13-22-7-3-6-20-22)10-17-12-21(8-4-19(17)23)11-16-5-9-24-14-16;2*3-2(4,5)1(6)7/h3,5-7,9,14-15,17-19H,4,8,10-13H2,1-2H3;2*(H,6,7)/t17-,18+,19+;;/m1../s1. The first kappa shape index (κ1) is 31.1. The molecule has 2 aromatic rings. The molecule has 2 fully saturated rings. The Morgan fingerprint density at radius 3 is 2.18 bits per heavy atom. The molecule has 214 valence electrons. The van der Waals surface area contributed by atoms with Crippen LogP contribution in [0.1, 0.15) is 32.3 Å². The number of hydrogen-bond donors (Lipinski definition) is 2. The van der Waals surface area contributed by atoms with Crippen molar-refractivity contribution in [2.45, 2.75) is 70.3 Å². The van der Waals surface area contributed by atoms with Crippen LogP contribution in [0.5, 0.6) is 0 Å². The molecule has 2 N–H and O–H groups in total. The van der Waals surface area contributed by atoms with Crippen LogP contribution in [-0.2, 0) is 22.7 Å². The number of carbonyl (C=O) groups is 2. The zero-order valence-electron chi connectivity index (χ0n) is 20.7. The highest BCUT2D eigenvalue weighted by atomic mass is 19.4. The lowest BCUT2D eigenvalue weighted by atomic mass is 9.91. The number of carboxylic acids is 2. The molecule has 4 heterocycles. The number of likely N-dealkylation sites (tertiary alicyclic amines) is 2. The summed E-state index contributed by atoms with van der Waals surface area (Å²) >= 11 is 0. The van der Waals surface area contributed by atoms with Crippen molar-refractivity contribution < 1.29 is 50.6 Å². The smallest absolute Gasteiger partial charge is 0.475 e. The number of fused-ring (bicyclic) bond motifs is 1. The average molecular weight is 557 g/mol. The highest BCUT2D eigenvalue weighted by Gasteiger charge is 2.44. The van der Waals surface area contributed by atoms with Gasteiger partial charge >= 0.3 is 24.3 Å². The van der Waals surface area contributed by atoms with E-state index in [0.717, 1.165) is 25.0 Å². The molecular formula is C23H30F6N4O5. The number of hydrogen-bond acceptors (Lipinski definition) is 6. The molecule has 0 radical (unpaired) electrons. The summed E-state index contributed by atoms with van der Waals surface area (Å²) in [6.45, 7) is 9.11. The van der Waals surface area contributed by atoms with Gasteiger partial charge in [-0.2, -0.15) is 31.4 Å². The first-order valence-corrected chi connectivity index (χ1v) is 11.7. The highest BCUT2D eigenvalue weighted by Crippen LogP contribution is 2.38. The molecule has 0 unspecified atom stereocenters. The van der Waals surface area contributed by atoms with Crippen LogP contribution in [0.4, 0.5) is 26.3 Å². The van der Waals surface area contributed by atoms with Crippen molar-refractivity contribution in [3.63, 3.8) is 0 Å². The lowest BCUT2D eigenvalue weighted by molar-refractivity contribution is -0.193. The molecule has 2 saturated heterocycles. The maximum absolute atomic E-state index is 10.6. The molecule has 3 atom stereocenters. The Kier molecular flexibility index (Phi) is 10.8.